The number of thiophene rings is 1. The first-order chi connectivity index (χ1) is 9.99. The first-order valence-electron chi connectivity index (χ1n) is 6.84. The second kappa shape index (κ2) is 6.74. The molecule has 1 aromatic heterocycles. The van der Waals surface area contributed by atoms with E-state index in [2.05, 4.69) is 37.5 Å². The van der Waals surface area contributed by atoms with Crippen LogP contribution in [-0.4, -0.2) is 17.6 Å². The van der Waals surface area contributed by atoms with Crippen molar-refractivity contribution in [2.24, 2.45) is 0 Å². The maximum absolute atomic E-state index is 11.2. The van der Waals surface area contributed by atoms with Crippen LogP contribution in [0.4, 0.5) is 11.4 Å². The van der Waals surface area contributed by atoms with Gasteiger partial charge in [-0.05, 0) is 50.6 Å². The van der Waals surface area contributed by atoms with Crippen LogP contribution in [0.25, 0.3) is 0 Å². The molecule has 0 fully saturated rings. The summed E-state index contributed by atoms with van der Waals surface area (Å²) < 4.78 is 0. The predicted molar refractivity (Wildman–Crippen MR) is 88.0 cm³/mol. The first kappa shape index (κ1) is 15.5. The van der Waals surface area contributed by atoms with Gasteiger partial charge in [-0.25, -0.2) is 0 Å². The molecule has 112 valence electrons. The van der Waals surface area contributed by atoms with Gasteiger partial charge in [0.2, 0.25) is 5.91 Å². The maximum atomic E-state index is 11.2. The Labute approximate surface area is 128 Å². The van der Waals surface area contributed by atoms with Crippen molar-refractivity contribution in [2.75, 3.05) is 17.2 Å². The van der Waals surface area contributed by atoms with Gasteiger partial charge in [0.25, 0.3) is 0 Å². The second-order valence-corrected chi connectivity index (χ2v) is 6.48. The molecular weight excluding hydrogens is 284 g/mol. The lowest BCUT2D eigenvalue weighted by Gasteiger charge is -2.16. The van der Waals surface area contributed by atoms with Crippen molar-refractivity contribution in [3.63, 3.8) is 0 Å². The van der Waals surface area contributed by atoms with E-state index in [9.17, 15) is 4.79 Å². The Morgan fingerprint density at radius 2 is 2.00 bits per heavy atom. The van der Waals surface area contributed by atoms with Crippen molar-refractivity contribution < 1.29 is 9.90 Å². The molecule has 1 aromatic carbocycles. The van der Waals surface area contributed by atoms with Gasteiger partial charge < -0.3 is 15.7 Å². The number of benzene rings is 1. The number of rotatable bonds is 5. The van der Waals surface area contributed by atoms with E-state index in [1.165, 1.54) is 15.3 Å². The molecule has 2 rings (SSSR count). The summed E-state index contributed by atoms with van der Waals surface area (Å²) in [5.74, 6) is -0.412. The van der Waals surface area contributed by atoms with E-state index >= 15 is 0 Å². The molecule has 1 amide bonds. The lowest BCUT2D eigenvalue weighted by atomic mass is 10.1. The SMILES string of the molecule is Cc1cc(C(C)Nc2cccc(NC(=O)CO)c2)c(C)s1. The number of hydrogen-bond donors (Lipinski definition) is 3. The van der Waals surface area contributed by atoms with Crippen molar-refractivity contribution in [1.82, 2.24) is 0 Å². The molecule has 0 saturated carbocycles. The summed E-state index contributed by atoms with van der Waals surface area (Å²) in [6.45, 7) is 5.84. The van der Waals surface area contributed by atoms with Crippen molar-refractivity contribution in [3.8, 4) is 0 Å². The Morgan fingerprint density at radius 3 is 2.62 bits per heavy atom. The minimum absolute atomic E-state index is 0.193. The van der Waals surface area contributed by atoms with E-state index in [1.807, 2.05) is 18.2 Å². The van der Waals surface area contributed by atoms with Gasteiger partial charge in [0, 0.05) is 27.2 Å². The van der Waals surface area contributed by atoms with Crippen LogP contribution in [0.1, 0.15) is 28.3 Å². The average molecular weight is 304 g/mol. The highest BCUT2D eigenvalue weighted by molar-refractivity contribution is 7.12. The fraction of sp³-hybridized carbons (Fsp3) is 0.312. The number of aliphatic hydroxyl groups is 1. The fourth-order valence-electron chi connectivity index (χ4n) is 2.30. The molecule has 0 aliphatic heterocycles. The number of carbonyl (C=O) groups excluding carboxylic acids is 1. The standard InChI is InChI=1S/C16H20N2O2S/c1-10-7-15(12(3)21-10)11(2)17-13-5-4-6-14(8-13)18-16(20)9-19/h4-8,11,17,19H,9H2,1-3H3,(H,18,20). The van der Waals surface area contributed by atoms with E-state index in [0.29, 0.717) is 5.69 Å². The monoisotopic (exact) mass is 304 g/mol. The molecule has 0 radical (unpaired) electrons. The Kier molecular flexibility index (Phi) is 4.98. The van der Waals surface area contributed by atoms with Gasteiger partial charge in [0.1, 0.15) is 6.61 Å². The Hall–Kier alpha value is -1.85. The third-order valence-corrected chi connectivity index (χ3v) is 4.20. The van der Waals surface area contributed by atoms with Crippen molar-refractivity contribution >= 4 is 28.6 Å². The number of anilines is 2. The van der Waals surface area contributed by atoms with E-state index in [4.69, 9.17) is 5.11 Å². The minimum atomic E-state index is -0.512. The van der Waals surface area contributed by atoms with Crippen molar-refractivity contribution in [3.05, 3.63) is 45.6 Å². The number of aryl methyl sites for hydroxylation is 2. The Bertz CT molecular complexity index is 637. The molecule has 4 nitrogen and oxygen atoms in total. The quantitative estimate of drug-likeness (QED) is 0.792. The van der Waals surface area contributed by atoms with Crippen LogP contribution in [-0.2, 0) is 4.79 Å². The first-order valence-corrected chi connectivity index (χ1v) is 7.65. The van der Waals surface area contributed by atoms with Gasteiger partial charge in [-0.3, -0.25) is 4.79 Å². The third kappa shape index (κ3) is 4.06. The zero-order valence-corrected chi connectivity index (χ0v) is 13.3. The molecule has 21 heavy (non-hydrogen) atoms. The number of aliphatic hydroxyl groups excluding tert-OH is 1. The van der Waals surface area contributed by atoms with E-state index in [-0.39, 0.29) is 6.04 Å². The van der Waals surface area contributed by atoms with Gasteiger partial charge in [0.05, 0.1) is 0 Å². The van der Waals surface area contributed by atoms with Crippen LogP contribution in [0, 0.1) is 13.8 Å². The van der Waals surface area contributed by atoms with Gasteiger partial charge >= 0.3 is 0 Å². The minimum Gasteiger partial charge on any atom is -0.387 e. The summed E-state index contributed by atoms with van der Waals surface area (Å²) in [7, 11) is 0. The number of hydrogen-bond acceptors (Lipinski definition) is 4. The highest BCUT2D eigenvalue weighted by atomic mass is 32.1. The molecule has 0 aliphatic carbocycles. The summed E-state index contributed by atoms with van der Waals surface area (Å²) >= 11 is 1.80. The molecule has 2 aromatic rings. The lowest BCUT2D eigenvalue weighted by molar-refractivity contribution is -0.118. The average Bonchev–Trinajstić information content (AvgIpc) is 2.78. The summed E-state index contributed by atoms with van der Waals surface area (Å²) in [5.41, 5.74) is 2.90. The Morgan fingerprint density at radius 1 is 1.29 bits per heavy atom. The summed E-state index contributed by atoms with van der Waals surface area (Å²) in [5, 5.41) is 14.8. The predicted octanol–water partition coefficient (Wildman–Crippen LogP) is 3.47. The van der Waals surface area contributed by atoms with Gasteiger partial charge in [-0.2, -0.15) is 0 Å². The summed E-state index contributed by atoms with van der Waals surface area (Å²) in [4.78, 5) is 13.8. The normalized spacial score (nSPS) is 12.0. The molecule has 1 unspecified atom stereocenters. The van der Waals surface area contributed by atoms with E-state index in [1.54, 1.807) is 17.4 Å². The van der Waals surface area contributed by atoms with Crippen molar-refractivity contribution in [1.29, 1.82) is 0 Å². The van der Waals surface area contributed by atoms with Gasteiger partial charge in [-0.15, -0.1) is 11.3 Å². The summed E-state index contributed by atoms with van der Waals surface area (Å²) in [6.07, 6.45) is 0. The van der Waals surface area contributed by atoms with Crippen LogP contribution in [0.15, 0.2) is 30.3 Å². The Balaban J connectivity index is 2.10. The van der Waals surface area contributed by atoms with Crippen LogP contribution < -0.4 is 10.6 Å². The van der Waals surface area contributed by atoms with Gasteiger partial charge in [0.15, 0.2) is 0 Å². The number of nitrogens with one attached hydrogen (secondary N) is 2. The fourth-order valence-corrected chi connectivity index (χ4v) is 3.32. The highest BCUT2D eigenvalue weighted by Crippen LogP contribution is 2.29. The topological polar surface area (TPSA) is 61.4 Å². The molecule has 5 heteroatoms. The van der Waals surface area contributed by atoms with Crippen LogP contribution in [0.3, 0.4) is 0 Å². The molecule has 1 atom stereocenters. The molecule has 0 aliphatic rings. The smallest absolute Gasteiger partial charge is 0.250 e. The van der Waals surface area contributed by atoms with Crippen LogP contribution in [0.5, 0.6) is 0 Å². The maximum Gasteiger partial charge on any atom is 0.250 e. The molecule has 0 saturated heterocycles. The zero-order valence-electron chi connectivity index (χ0n) is 12.4. The lowest BCUT2D eigenvalue weighted by Crippen LogP contribution is -2.15. The zero-order chi connectivity index (χ0) is 15.4. The molecule has 0 spiro atoms. The van der Waals surface area contributed by atoms with E-state index in [0.717, 1.165) is 5.69 Å². The molecule has 1 heterocycles. The van der Waals surface area contributed by atoms with Crippen LogP contribution >= 0.6 is 11.3 Å². The van der Waals surface area contributed by atoms with Crippen molar-refractivity contribution in [2.45, 2.75) is 26.8 Å². The second-order valence-electron chi connectivity index (χ2n) is 5.02. The van der Waals surface area contributed by atoms with Crippen LogP contribution in [0.2, 0.25) is 0 Å². The van der Waals surface area contributed by atoms with Gasteiger partial charge in [-0.1, -0.05) is 6.07 Å². The third-order valence-electron chi connectivity index (χ3n) is 3.22. The highest BCUT2D eigenvalue weighted by Gasteiger charge is 2.11. The molecular formula is C16H20N2O2S. The van der Waals surface area contributed by atoms with E-state index < -0.39 is 12.5 Å². The number of carbonyl (C=O) groups is 1. The number of amides is 1. The molecule has 3 N–H and O–H groups in total. The molecule has 0 bridgehead atoms. The summed E-state index contributed by atoms with van der Waals surface area (Å²) in [6, 6.07) is 9.88. The largest absolute Gasteiger partial charge is 0.387 e.